The van der Waals surface area contributed by atoms with Crippen LogP contribution in [0.5, 0.6) is 5.88 Å². The largest absolute Gasteiger partial charge is 0.474 e. The molecule has 4 N–H and O–H groups in total. The van der Waals surface area contributed by atoms with Crippen LogP contribution in [0.15, 0.2) is 18.6 Å². The molecular formula is C13H16N4O3. The normalized spacial score (nSPS) is 12.2. The molecule has 0 fully saturated rings. The fraction of sp³-hybridized carbons (Fsp3) is 0.308. The molecule has 20 heavy (non-hydrogen) atoms. The summed E-state index contributed by atoms with van der Waals surface area (Å²) in [6.07, 6.45) is 5.84. The van der Waals surface area contributed by atoms with E-state index in [1.54, 1.807) is 26.1 Å². The van der Waals surface area contributed by atoms with Gasteiger partial charge in [0.2, 0.25) is 11.8 Å². The first-order valence-corrected chi connectivity index (χ1v) is 6.01. The Hall–Kier alpha value is -2.41. The van der Waals surface area contributed by atoms with Crippen molar-refractivity contribution in [1.29, 1.82) is 0 Å². The van der Waals surface area contributed by atoms with Gasteiger partial charge in [-0.05, 0) is 19.9 Å². The topological polar surface area (TPSA) is 114 Å². The van der Waals surface area contributed by atoms with Crippen LogP contribution in [0.1, 0.15) is 19.4 Å². The molecule has 2 aromatic rings. The van der Waals surface area contributed by atoms with Crippen molar-refractivity contribution < 1.29 is 14.6 Å². The zero-order valence-electron chi connectivity index (χ0n) is 11.3. The number of nitrogens with two attached hydrogens (primary N) is 1. The van der Waals surface area contributed by atoms with Crippen molar-refractivity contribution in [3.8, 4) is 5.88 Å². The second-order valence-corrected chi connectivity index (χ2v) is 4.98. The molecule has 0 atom stereocenters. The van der Waals surface area contributed by atoms with E-state index in [9.17, 15) is 9.90 Å². The maximum absolute atomic E-state index is 10.8. The van der Waals surface area contributed by atoms with Gasteiger partial charge in [-0.3, -0.25) is 4.79 Å². The lowest BCUT2D eigenvalue weighted by molar-refractivity contribution is -0.113. The number of fused-ring (bicyclic) bond motifs is 1. The van der Waals surface area contributed by atoms with Gasteiger partial charge in [0.15, 0.2) is 0 Å². The average Bonchev–Trinajstić information content (AvgIpc) is 2.76. The van der Waals surface area contributed by atoms with Gasteiger partial charge in [0, 0.05) is 17.8 Å². The Labute approximate surface area is 115 Å². The van der Waals surface area contributed by atoms with Gasteiger partial charge in [0.1, 0.15) is 18.6 Å². The third-order valence-electron chi connectivity index (χ3n) is 2.45. The number of carbonyl (C=O) groups excluding carboxylic acids is 1. The Balaban J connectivity index is 2.39. The number of rotatable bonds is 5. The van der Waals surface area contributed by atoms with E-state index < -0.39 is 11.5 Å². The lowest BCUT2D eigenvalue weighted by atomic mass is 10.2. The van der Waals surface area contributed by atoms with Gasteiger partial charge in [0.25, 0.3) is 0 Å². The van der Waals surface area contributed by atoms with E-state index in [2.05, 4.69) is 15.0 Å². The van der Waals surface area contributed by atoms with Crippen LogP contribution in [0.25, 0.3) is 17.1 Å². The third kappa shape index (κ3) is 3.33. The number of carbonyl (C=O) groups is 1. The Kier molecular flexibility index (Phi) is 3.71. The number of hydrogen-bond acceptors (Lipinski definition) is 5. The van der Waals surface area contributed by atoms with Crippen LogP contribution >= 0.6 is 0 Å². The minimum atomic E-state index is -0.975. The van der Waals surface area contributed by atoms with E-state index in [1.165, 1.54) is 12.4 Å². The predicted octanol–water partition coefficient (Wildman–Crippen LogP) is 0.606. The van der Waals surface area contributed by atoms with E-state index in [0.29, 0.717) is 22.5 Å². The van der Waals surface area contributed by atoms with E-state index >= 15 is 0 Å². The molecule has 0 saturated carbocycles. The summed E-state index contributed by atoms with van der Waals surface area (Å²) in [4.78, 5) is 21.9. The van der Waals surface area contributed by atoms with Crippen molar-refractivity contribution in [3.05, 3.63) is 24.2 Å². The third-order valence-corrected chi connectivity index (χ3v) is 2.45. The molecule has 0 bridgehead atoms. The molecule has 0 saturated heterocycles. The van der Waals surface area contributed by atoms with Gasteiger partial charge in [-0.2, -0.15) is 0 Å². The lowest BCUT2D eigenvalue weighted by Gasteiger charge is -2.17. The van der Waals surface area contributed by atoms with Crippen LogP contribution in [-0.4, -0.2) is 38.2 Å². The summed E-state index contributed by atoms with van der Waals surface area (Å²) in [5.74, 6) is -0.211. The summed E-state index contributed by atoms with van der Waals surface area (Å²) in [5, 5.41) is 10.3. The summed E-state index contributed by atoms with van der Waals surface area (Å²) in [7, 11) is 0. The number of primary amides is 1. The van der Waals surface area contributed by atoms with Crippen molar-refractivity contribution in [3.63, 3.8) is 0 Å². The fourth-order valence-corrected chi connectivity index (χ4v) is 1.62. The van der Waals surface area contributed by atoms with Crippen molar-refractivity contribution in [1.82, 2.24) is 15.0 Å². The van der Waals surface area contributed by atoms with E-state index in [0.717, 1.165) is 0 Å². The summed E-state index contributed by atoms with van der Waals surface area (Å²) >= 11 is 0. The number of nitrogens with one attached hydrogen (secondary N) is 1. The Morgan fingerprint density at radius 2 is 2.30 bits per heavy atom. The monoisotopic (exact) mass is 276 g/mol. The highest BCUT2D eigenvalue weighted by Gasteiger charge is 2.17. The number of ether oxygens (including phenoxy) is 1. The Bertz CT molecular complexity index is 655. The molecule has 7 heteroatoms. The van der Waals surface area contributed by atoms with Gasteiger partial charge in [0.05, 0.1) is 11.0 Å². The SMILES string of the molecule is CC(C)(O)COc1ncnc2[nH]cc(C=CC(N)=O)c12. The summed E-state index contributed by atoms with van der Waals surface area (Å²) in [6.45, 7) is 3.36. The molecular weight excluding hydrogens is 260 g/mol. The van der Waals surface area contributed by atoms with Crippen LogP contribution in [0, 0.1) is 0 Å². The summed E-state index contributed by atoms with van der Waals surface area (Å²) in [5.41, 5.74) is 5.36. The zero-order chi connectivity index (χ0) is 14.8. The van der Waals surface area contributed by atoms with E-state index in [4.69, 9.17) is 10.5 Å². The van der Waals surface area contributed by atoms with Crippen molar-refractivity contribution >= 4 is 23.0 Å². The molecule has 0 aliphatic carbocycles. The first kappa shape index (κ1) is 14.0. The van der Waals surface area contributed by atoms with Crippen LogP contribution in [0.3, 0.4) is 0 Å². The molecule has 2 aromatic heterocycles. The summed E-state index contributed by atoms with van der Waals surface area (Å²) < 4.78 is 5.52. The second kappa shape index (κ2) is 5.30. The van der Waals surface area contributed by atoms with Crippen LogP contribution in [0.2, 0.25) is 0 Å². The number of hydrogen-bond donors (Lipinski definition) is 3. The molecule has 7 nitrogen and oxygen atoms in total. The first-order chi connectivity index (χ1) is 9.37. The van der Waals surface area contributed by atoms with Gasteiger partial charge in [-0.15, -0.1) is 0 Å². The Morgan fingerprint density at radius 3 is 2.95 bits per heavy atom. The lowest BCUT2D eigenvalue weighted by Crippen LogP contribution is -2.28. The van der Waals surface area contributed by atoms with Crippen LogP contribution < -0.4 is 10.5 Å². The maximum Gasteiger partial charge on any atom is 0.241 e. The number of aromatic nitrogens is 3. The highest BCUT2D eigenvalue weighted by atomic mass is 16.5. The van der Waals surface area contributed by atoms with Gasteiger partial charge < -0.3 is 20.6 Å². The standard InChI is InChI=1S/C13H16N4O3/c1-13(2,19)6-20-12-10-8(3-4-9(14)18)5-15-11(10)16-7-17-12/h3-5,7,19H,6H2,1-2H3,(H2,14,18)(H,15,16,17). The fourth-order valence-electron chi connectivity index (χ4n) is 1.62. The molecule has 0 unspecified atom stereocenters. The van der Waals surface area contributed by atoms with E-state index in [-0.39, 0.29) is 6.61 Å². The van der Waals surface area contributed by atoms with Crippen LogP contribution in [-0.2, 0) is 4.79 Å². The van der Waals surface area contributed by atoms with Crippen LogP contribution in [0.4, 0.5) is 0 Å². The summed E-state index contributed by atoms with van der Waals surface area (Å²) in [6, 6.07) is 0. The highest BCUT2D eigenvalue weighted by molar-refractivity contribution is 5.96. The molecule has 0 aliphatic rings. The van der Waals surface area contributed by atoms with Gasteiger partial charge in [-0.1, -0.05) is 0 Å². The van der Waals surface area contributed by atoms with Crippen molar-refractivity contribution in [2.45, 2.75) is 19.4 Å². The van der Waals surface area contributed by atoms with Crippen molar-refractivity contribution in [2.75, 3.05) is 6.61 Å². The number of H-pyrrole nitrogens is 1. The maximum atomic E-state index is 10.8. The highest BCUT2D eigenvalue weighted by Crippen LogP contribution is 2.26. The number of amides is 1. The molecule has 0 aromatic carbocycles. The number of aromatic amines is 1. The Morgan fingerprint density at radius 1 is 1.55 bits per heavy atom. The number of nitrogens with zero attached hydrogens (tertiary/aromatic N) is 2. The minimum Gasteiger partial charge on any atom is -0.474 e. The van der Waals surface area contributed by atoms with Crippen molar-refractivity contribution in [2.24, 2.45) is 5.73 Å². The second-order valence-electron chi connectivity index (χ2n) is 4.98. The average molecular weight is 276 g/mol. The molecule has 2 heterocycles. The minimum absolute atomic E-state index is 0.0866. The first-order valence-electron chi connectivity index (χ1n) is 6.01. The quantitative estimate of drug-likeness (QED) is 0.692. The van der Waals surface area contributed by atoms with Gasteiger partial charge in [-0.25, -0.2) is 9.97 Å². The van der Waals surface area contributed by atoms with E-state index in [1.807, 2.05) is 0 Å². The molecule has 0 radical (unpaired) electrons. The molecule has 0 aliphatic heterocycles. The zero-order valence-corrected chi connectivity index (χ0v) is 11.3. The molecule has 2 rings (SSSR count). The predicted molar refractivity (Wildman–Crippen MR) is 73.9 cm³/mol. The molecule has 106 valence electrons. The molecule has 1 amide bonds. The number of aliphatic hydroxyl groups is 1. The molecule has 0 spiro atoms. The van der Waals surface area contributed by atoms with Gasteiger partial charge >= 0.3 is 0 Å². The smallest absolute Gasteiger partial charge is 0.241 e.